The Morgan fingerprint density at radius 1 is 0.878 bits per heavy atom. The van der Waals surface area contributed by atoms with Crippen molar-refractivity contribution in [3.8, 4) is 0 Å². The first kappa shape index (κ1) is 38.0. The molecule has 0 radical (unpaired) electrons. The molecule has 0 heterocycles. The Kier molecular flexibility index (Phi) is 15.5. The maximum absolute atomic E-state index is 6.59. The number of hydrogen-bond donors (Lipinski definition) is 4. The summed E-state index contributed by atoms with van der Waals surface area (Å²) in [6, 6.07) is 20.9. The van der Waals surface area contributed by atoms with Crippen molar-refractivity contribution in [1.29, 1.82) is 0 Å². The number of nitrogens with two attached hydrogens (primary N) is 3. The Morgan fingerprint density at radius 3 is 2.35 bits per heavy atom. The van der Waals surface area contributed by atoms with Crippen LogP contribution in [-0.2, 0) is 0 Å². The van der Waals surface area contributed by atoms with Crippen LogP contribution in [0, 0.1) is 5.92 Å². The van der Waals surface area contributed by atoms with E-state index >= 15 is 0 Å². The smallest absolute Gasteiger partial charge is 0.0543 e. The average Bonchev–Trinajstić information content (AvgIpc) is 3.10. The van der Waals surface area contributed by atoms with E-state index in [0.29, 0.717) is 24.5 Å². The topological polar surface area (TPSA) is 90.1 Å². The first-order chi connectivity index (χ1) is 23.6. The Hall–Kier alpha value is -5.48. The number of rotatable bonds is 17. The summed E-state index contributed by atoms with van der Waals surface area (Å²) in [5.74, 6) is 0.378. The van der Waals surface area contributed by atoms with E-state index in [2.05, 4.69) is 99.1 Å². The molecule has 0 spiro atoms. The number of allylic oxidation sites excluding steroid dienone is 15. The van der Waals surface area contributed by atoms with Crippen LogP contribution in [0.4, 0.5) is 11.4 Å². The third-order valence-corrected chi connectivity index (χ3v) is 8.16. The molecule has 7 N–H and O–H groups in total. The van der Waals surface area contributed by atoms with E-state index in [1.165, 1.54) is 5.57 Å². The van der Waals surface area contributed by atoms with E-state index in [-0.39, 0.29) is 0 Å². The number of anilines is 2. The van der Waals surface area contributed by atoms with Crippen LogP contribution < -0.4 is 22.5 Å². The van der Waals surface area contributed by atoms with Gasteiger partial charge in [-0.3, -0.25) is 0 Å². The summed E-state index contributed by atoms with van der Waals surface area (Å²) < 4.78 is 0. The Bertz CT molecular complexity index is 1820. The molecule has 4 heteroatoms. The second-order valence-electron chi connectivity index (χ2n) is 12.3. The highest BCUT2D eigenvalue weighted by Gasteiger charge is 2.12. The molecular formula is C45H54N4. The molecule has 0 aliphatic heterocycles. The maximum Gasteiger partial charge on any atom is 0.0543 e. The van der Waals surface area contributed by atoms with Gasteiger partial charge in [0.25, 0.3) is 0 Å². The van der Waals surface area contributed by atoms with Crippen molar-refractivity contribution < 1.29 is 0 Å². The molecule has 0 aliphatic rings. The van der Waals surface area contributed by atoms with Crippen LogP contribution >= 0.6 is 0 Å². The lowest BCUT2D eigenvalue weighted by molar-refractivity contribution is 0.637. The van der Waals surface area contributed by atoms with Crippen molar-refractivity contribution in [1.82, 2.24) is 0 Å². The fourth-order valence-corrected chi connectivity index (χ4v) is 5.30. The quantitative estimate of drug-likeness (QED) is 0.109. The third-order valence-electron chi connectivity index (χ3n) is 8.16. The summed E-state index contributed by atoms with van der Waals surface area (Å²) in [7, 11) is 0. The molecule has 4 nitrogen and oxygen atoms in total. The molecule has 0 saturated heterocycles. The normalized spacial score (nSPS) is 14.3. The van der Waals surface area contributed by atoms with Gasteiger partial charge in [0.05, 0.1) is 5.69 Å². The van der Waals surface area contributed by atoms with Gasteiger partial charge in [0.2, 0.25) is 0 Å². The molecule has 0 aliphatic carbocycles. The summed E-state index contributed by atoms with van der Waals surface area (Å²) in [4.78, 5) is 0. The molecule has 0 bridgehead atoms. The first-order valence-electron chi connectivity index (χ1n) is 17.0. The van der Waals surface area contributed by atoms with Gasteiger partial charge in [-0.25, -0.2) is 0 Å². The van der Waals surface area contributed by atoms with E-state index in [0.717, 1.165) is 68.7 Å². The van der Waals surface area contributed by atoms with Crippen molar-refractivity contribution in [3.05, 3.63) is 180 Å². The van der Waals surface area contributed by atoms with Crippen molar-refractivity contribution in [2.24, 2.45) is 23.1 Å². The van der Waals surface area contributed by atoms with Gasteiger partial charge in [0.1, 0.15) is 0 Å². The van der Waals surface area contributed by atoms with Crippen LogP contribution in [0.15, 0.2) is 169 Å². The molecule has 254 valence electrons. The van der Waals surface area contributed by atoms with Crippen LogP contribution in [0.5, 0.6) is 0 Å². The molecule has 1 atom stereocenters. The molecule has 49 heavy (non-hydrogen) atoms. The largest absolute Gasteiger partial charge is 0.402 e. The Balaban J connectivity index is 1.90. The standard InChI is InChI=1S/C45H54N4/c1-7-10-13-17-40(47)30-33(4)20-23-36(9-3)24-22-35(6)42-28-25-37-32-38(44(48)31-34(5)21-27-39(46)16-11-8-2)26-29-43(37)45(42)49-41-18-14-12-15-19-41/h7-8,10-16,18-22,24-26,28-32,36,49H,1,6,9,17,23,27,46-48H2,2-5H3/b11-8-,13-10-,24-22-,33-20-,34-21-,39-16-,40-30-,44-31-. The van der Waals surface area contributed by atoms with E-state index in [4.69, 9.17) is 17.2 Å². The molecule has 3 rings (SSSR count). The second-order valence-corrected chi connectivity index (χ2v) is 12.3. The lowest BCUT2D eigenvalue weighted by atomic mass is 9.94. The summed E-state index contributed by atoms with van der Waals surface area (Å²) in [5.41, 5.74) is 28.4. The Labute approximate surface area is 294 Å². The maximum atomic E-state index is 6.59. The SMILES string of the molecule is C=C/C=C\C/C(N)=C/C(C)=C\CC(/C=C\C(=C)c1ccc2cc(/C(N)=C/C(C)=C\C/C(N)=C/C=C\C)ccc2c1Nc1ccccc1)CC. The number of hydrogen-bond acceptors (Lipinski definition) is 4. The van der Waals surface area contributed by atoms with Crippen molar-refractivity contribution in [3.63, 3.8) is 0 Å². The third kappa shape index (κ3) is 12.6. The van der Waals surface area contributed by atoms with Crippen molar-refractivity contribution in [2.45, 2.75) is 53.4 Å². The van der Waals surface area contributed by atoms with E-state index in [1.807, 2.05) is 74.6 Å². The van der Waals surface area contributed by atoms with E-state index in [1.54, 1.807) is 6.08 Å². The van der Waals surface area contributed by atoms with Gasteiger partial charge in [0.15, 0.2) is 0 Å². The minimum atomic E-state index is 0.378. The molecule has 0 aromatic heterocycles. The average molecular weight is 651 g/mol. The number of nitrogens with one attached hydrogen (secondary N) is 1. The van der Waals surface area contributed by atoms with E-state index < -0.39 is 0 Å². The second kappa shape index (κ2) is 20.0. The zero-order chi connectivity index (χ0) is 35.6. The van der Waals surface area contributed by atoms with Gasteiger partial charge in [-0.05, 0) is 92.5 Å². The van der Waals surface area contributed by atoms with Crippen LogP contribution in [0.2, 0.25) is 0 Å². The van der Waals surface area contributed by atoms with Gasteiger partial charge in [-0.2, -0.15) is 0 Å². The minimum absolute atomic E-state index is 0.378. The Morgan fingerprint density at radius 2 is 1.63 bits per heavy atom. The summed E-state index contributed by atoms with van der Waals surface area (Å²) in [6.45, 7) is 16.5. The zero-order valence-electron chi connectivity index (χ0n) is 29.8. The monoisotopic (exact) mass is 650 g/mol. The van der Waals surface area contributed by atoms with Gasteiger partial charge >= 0.3 is 0 Å². The highest BCUT2D eigenvalue weighted by Crippen LogP contribution is 2.36. The first-order valence-corrected chi connectivity index (χ1v) is 17.0. The fraction of sp³-hybridized carbons (Fsp3) is 0.200. The number of benzene rings is 3. The molecular weight excluding hydrogens is 597 g/mol. The van der Waals surface area contributed by atoms with Gasteiger partial charge in [-0.1, -0.05) is 128 Å². The van der Waals surface area contributed by atoms with Gasteiger partial charge in [0, 0.05) is 46.6 Å². The molecule has 1 unspecified atom stereocenters. The number of fused-ring (bicyclic) bond motifs is 1. The summed E-state index contributed by atoms with van der Waals surface area (Å²) in [6.07, 6.45) is 27.7. The molecule has 0 amide bonds. The summed E-state index contributed by atoms with van der Waals surface area (Å²) >= 11 is 0. The fourth-order valence-electron chi connectivity index (χ4n) is 5.30. The lowest BCUT2D eigenvalue weighted by Gasteiger charge is -2.17. The van der Waals surface area contributed by atoms with Crippen molar-refractivity contribution in [2.75, 3.05) is 5.32 Å². The van der Waals surface area contributed by atoms with Crippen molar-refractivity contribution >= 4 is 33.4 Å². The molecule has 3 aromatic rings. The lowest BCUT2D eigenvalue weighted by Crippen LogP contribution is -2.00. The van der Waals surface area contributed by atoms with Crippen LogP contribution in [0.25, 0.3) is 22.0 Å². The minimum Gasteiger partial charge on any atom is -0.402 e. The zero-order valence-corrected chi connectivity index (χ0v) is 29.8. The van der Waals surface area contributed by atoms with Crippen LogP contribution in [0.3, 0.4) is 0 Å². The number of para-hydroxylation sites is 1. The van der Waals surface area contributed by atoms with Crippen LogP contribution in [0.1, 0.15) is 64.5 Å². The van der Waals surface area contributed by atoms with Gasteiger partial charge in [-0.15, -0.1) is 0 Å². The van der Waals surface area contributed by atoms with E-state index in [9.17, 15) is 0 Å². The summed E-state index contributed by atoms with van der Waals surface area (Å²) in [5, 5.41) is 5.87. The predicted octanol–water partition coefficient (Wildman–Crippen LogP) is 11.5. The van der Waals surface area contributed by atoms with Gasteiger partial charge < -0.3 is 22.5 Å². The molecule has 0 saturated carbocycles. The predicted molar refractivity (Wildman–Crippen MR) is 218 cm³/mol. The highest BCUT2D eigenvalue weighted by atomic mass is 14.9. The molecule has 0 fully saturated rings. The highest BCUT2D eigenvalue weighted by molar-refractivity contribution is 6.03. The van der Waals surface area contributed by atoms with Crippen LogP contribution in [-0.4, -0.2) is 0 Å². The molecule has 3 aromatic carbocycles.